The Balaban J connectivity index is 1.41. The minimum Gasteiger partial charge on any atom is -0.497 e. The molecule has 2 aliphatic carbocycles. The zero-order valence-electron chi connectivity index (χ0n) is 18.0. The molecule has 0 bridgehead atoms. The van der Waals surface area contributed by atoms with E-state index >= 15 is 0 Å². The standard InChI is InChI=1S/C27H35FO/c1-3-4-5-19-6-7-22-17-23(9-8-21(22)16-19)24-12-15-26(27(28)18-24)20-10-13-25(29-2)14-11-20/h10-15,18-19,21-23H,3-9,16-17H2,1-2H3. The van der Waals surface area contributed by atoms with Gasteiger partial charge in [0, 0.05) is 5.56 Å². The molecule has 1 nitrogen and oxygen atoms in total. The Hall–Kier alpha value is -1.83. The Morgan fingerprint density at radius 1 is 0.931 bits per heavy atom. The van der Waals surface area contributed by atoms with E-state index < -0.39 is 0 Å². The van der Waals surface area contributed by atoms with E-state index in [1.54, 1.807) is 13.2 Å². The summed E-state index contributed by atoms with van der Waals surface area (Å²) in [6.45, 7) is 2.30. The highest BCUT2D eigenvalue weighted by Gasteiger charge is 2.35. The number of rotatable bonds is 6. The van der Waals surface area contributed by atoms with Gasteiger partial charge in [0.15, 0.2) is 0 Å². The summed E-state index contributed by atoms with van der Waals surface area (Å²) < 4.78 is 20.2. The second-order valence-electron chi connectivity index (χ2n) is 9.32. The fraction of sp³-hybridized carbons (Fsp3) is 0.556. The lowest BCUT2D eigenvalue weighted by Crippen LogP contribution is -2.30. The van der Waals surface area contributed by atoms with Crippen molar-refractivity contribution in [3.8, 4) is 16.9 Å². The van der Waals surface area contributed by atoms with Crippen molar-refractivity contribution in [2.24, 2.45) is 17.8 Å². The van der Waals surface area contributed by atoms with Crippen molar-refractivity contribution >= 4 is 0 Å². The molecule has 156 valence electrons. The van der Waals surface area contributed by atoms with Crippen LogP contribution in [0.2, 0.25) is 0 Å². The molecule has 0 N–H and O–H groups in total. The first-order chi connectivity index (χ1) is 14.2. The summed E-state index contributed by atoms with van der Waals surface area (Å²) in [6.07, 6.45) is 12.2. The molecule has 2 aromatic carbocycles. The highest BCUT2D eigenvalue weighted by atomic mass is 19.1. The van der Waals surface area contributed by atoms with Crippen LogP contribution < -0.4 is 4.74 Å². The third-order valence-electron chi connectivity index (χ3n) is 7.55. The van der Waals surface area contributed by atoms with Crippen LogP contribution in [-0.2, 0) is 0 Å². The third kappa shape index (κ3) is 4.68. The van der Waals surface area contributed by atoms with Gasteiger partial charge in [0.2, 0.25) is 0 Å². The maximum atomic E-state index is 14.9. The van der Waals surface area contributed by atoms with Crippen molar-refractivity contribution in [1.29, 1.82) is 0 Å². The Morgan fingerprint density at radius 3 is 2.41 bits per heavy atom. The Morgan fingerprint density at radius 2 is 1.69 bits per heavy atom. The molecule has 0 saturated heterocycles. The lowest BCUT2D eigenvalue weighted by molar-refractivity contribution is 0.113. The molecule has 4 unspecified atom stereocenters. The zero-order valence-corrected chi connectivity index (χ0v) is 18.0. The molecule has 2 heteroatoms. The van der Waals surface area contributed by atoms with Crippen LogP contribution in [0.15, 0.2) is 42.5 Å². The van der Waals surface area contributed by atoms with E-state index in [0.717, 1.165) is 29.1 Å². The minimum absolute atomic E-state index is 0.0990. The van der Waals surface area contributed by atoms with Crippen molar-refractivity contribution in [2.75, 3.05) is 7.11 Å². The molecule has 0 spiro atoms. The summed E-state index contributed by atoms with van der Waals surface area (Å²) >= 11 is 0. The molecule has 2 saturated carbocycles. The average Bonchev–Trinajstić information content (AvgIpc) is 2.77. The smallest absolute Gasteiger partial charge is 0.131 e. The van der Waals surface area contributed by atoms with Crippen molar-refractivity contribution < 1.29 is 9.13 Å². The second kappa shape index (κ2) is 9.32. The highest BCUT2D eigenvalue weighted by Crippen LogP contribution is 2.48. The van der Waals surface area contributed by atoms with Gasteiger partial charge in [-0.1, -0.05) is 56.9 Å². The summed E-state index contributed by atoms with van der Waals surface area (Å²) in [5, 5.41) is 0. The Kier molecular flexibility index (Phi) is 6.57. The molecule has 0 aliphatic heterocycles. The van der Waals surface area contributed by atoms with Gasteiger partial charge in [-0.3, -0.25) is 0 Å². The van der Waals surface area contributed by atoms with Crippen LogP contribution in [0, 0.1) is 23.6 Å². The molecule has 0 amide bonds. The van der Waals surface area contributed by atoms with Crippen molar-refractivity contribution in [1.82, 2.24) is 0 Å². The molecule has 29 heavy (non-hydrogen) atoms. The number of methoxy groups -OCH3 is 1. The van der Waals surface area contributed by atoms with Gasteiger partial charge in [0.25, 0.3) is 0 Å². The summed E-state index contributed by atoms with van der Waals surface area (Å²) in [4.78, 5) is 0. The first-order valence-electron chi connectivity index (χ1n) is 11.6. The van der Waals surface area contributed by atoms with Crippen molar-refractivity contribution in [3.05, 3.63) is 53.8 Å². The topological polar surface area (TPSA) is 9.23 Å². The van der Waals surface area contributed by atoms with Crippen LogP contribution in [0.4, 0.5) is 4.39 Å². The zero-order chi connectivity index (χ0) is 20.2. The summed E-state index contributed by atoms with van der Waals surface area (Å²) in [5.41, 5.74) is 2.79. The normalized spacial score (nSPS) is 26.7. The molecular formula is C27H35FO. The number of hydrogen-bond donors (Lipinski definition) is 0. The SMILES string of the molecule is CCCCC1CCC2CC(c3ccc(-c4ccc(OC)cc4)c(F)c3)CCC2C1. The maximum Gasteiger partial charge on any atom is 0.131 e. The highest BCUT2D eigenvalue weighted by molar-refractivity contribution is 5.65. The van der Waals surface area contributed by atoms with E-state index in [2.05, 4.69) is 13.0 Å². The molecule has 2 aromatic rings. The first-order valence-corrected chi connectivity index (χ1v) is 11.6. The van der Waals surface area contributed by atoms with E-state index in [4.69, 9.17) is 4.74 Å². The fourth-order valence-corrected chi connectivity index (χ4v) is 5.83. The molecule has 0 heterocycles. The molecule has 4 atom stereocenters. The minimum atomic E-state index is -0.0990. The summed E-state index contributed by atoms with van der Waals surface area (Å²) in [5.74, 6) is 3.98. The van der Waals surface area contributed by atoms with Gasteiger partial charge >= 0.3 is 0 Å². The van der Waals surface area contributed by atoms with Crippen molar-refractivity contribution in [3.63, 3.8) is 0 Å². The Bertz CT molecular complexity index is 797. The monoisotopic (exact) mass is 394 g/mol. The van der Waals surface area contributed by atoms with E-state index in [0.29, 0.717) is 11.5 Å². The number of benzene rings is 2. The lowest BCUT2D eigenvalue weighted by Gasteiger charge is -2.42. The van der Waals surface area contributed by atoms with Gasteiger partial charge in [-0.25, -0.2) is 4.39 Å². The molecule has 0 radical (unpaired) electrons. The molecular weight excluding hydrogens is 359 g/mol. The van der Waals surface area contributed by atoms with Gasteiger partial charge in [0.1, 0.15) is 11.6 Å². The number of ether oxygens (including phenoxy) is 1. The molecule has 4 rings (SSSR count). The quantitative estimate of drug-likeness (QED) is 0.482. The van der Waals surface area contributed by atoms with Gasteiger partial charge in [-0.05, 0) is 85.1 Å². The van der Waals surface area contributed by atoms with E-state index in [1.807, 2.05) is 30.3 Å². The first kappa shape index (κ1) is 20.4. The maximum absolute atomic E-state index is 14.9. The van der Waals surface area contributed by atoms with E-state index in [-0.39, 0.29) is 5.82 Å². The van der Waals surface area contributed by atoms with Crippen LogP contribution in [0.1, 0.15) is 76.2 Å². The fourth-order valence-electron chi connectivity index (χ4n) is 5.83. The van der Waals surface area contributed by atoms with Crippen LogP contribution in [0.5, 0.6) is 5.75 Å². The molecule has 0 aromatic heterocycles. The average molecular weight is 395 g/mol. The number of halogens is 1. The van der Waals surface area contributed by atoms with Gasteiger partial charge in [0.05, 0.1) is 7.11 Å². The van der Waals surface area contributed by atoms with Crippen LogP contribution in [-0.4, -0.2) is 7.11 Å². The summed E-state index contributed by atoms with van der Waals surface area (Å²) in [7, 11) is 1.65. The van der Waals surface area contributed by atoms with Crippen LogP contribution >= 0.6 is 0 Å². The third-order valence-corrected chi connectivity index (χ3v) is 7.55. The van der Waals surface area contributed by atoms with Gasteiger partial charge in [-0.15, -0.1) is 0 Å². The summed E-state index contributed by atoms with van der Waals surface area (Å²) in [6, 6.07) is 13.6. The predicted molar refractivity (Wildman–Crippen MR) is 119 cm³/mol. The predicted octanol–water partition coefficient (Wildman–Crippen LogP) is 7.99. The second-order valence-corrected chi connectivity index (χ2v) is 9.32. The number of unbranched alkanes of at least 4 members (excludes halogenated alkanes) is 1. The lowest BCUT2D eigenvalue weighted by atomic mass is 9.63. The van der Waals surface area contributed by atoms with Crippen LogP contribution in [0.25, 0.3) is 11.1 Å². The largest absolute Gasteiger partial charge is 0.497 e. The number of fused-ring (bicyclic) bond motifs is 1. The van der Waals surface area contributed by atoms with Gasteiger partial charge in [-0.2, -0.15) is 0 Å². The van der Waals surface area contributed by atoms with Crippen LogP contribution in [0.3, 0.4) is 0 Å². The molecule has 2 aliphatic rings. The molecule has 2 fully saturated rings. The van der Waals surface area contributed by atoms with E-state index in [9.17, 15) is 4.39 Å². The Labute approximate surface area is 175 Å². The van der Waals surface area contributed by atoms with E-state index in [1.165, 1.54) is 63.4 Å². The number of hydrogen-bond acceptors (Lipinski definition) is 1. The van der Waals surface area contributed by atoms with Crippen molar-refractivity contribution in [2.45, 2.75) is 70.6 Å². The van der Waals surface area contributed by atoms with Gasteiger partial charge < -0.3 is 4.74 Å².